The summed E-state index contributed by atoms with van der Waals surface area (Å²) in [5.41, 5.74) is 4.97. The predicted octanol–water partition coefficient (Wildman–Crippen LogP) is 4.65. The van der Waals surface area contributed by atoms with Gasteiger partial charge in [0.1, 0.15) is 0 Å². The van der Waals surface area contributed by atoms with Crippen LogP contribution in [0.15, 0.2) is 18.2 Å². The SMILES string of the molecule is CCc1ccc(C(NC)C2(C)CCCC2)cc1CC. The first-order valence-electron chi connectivity index (χ1n) is 7.93. The summed E-state index contributed by atoms with van der Waals surface area (Å²) in [5, 5.41) is 3.59. The molecule has 0 bridgehead atoms. The molecule has 1 saturated carbocycles. The van der Waals surface area contributed by atoms with E-state index in [4.69, 9.17) is 0 Å². The van der Waals surface area contributed by atoms with Crippen molar-refractivity contribution in [3.05, 3.63) is 34.9 Å². The first kappa shape index (κ1) is 14.6. The second-order valence-electron chi connectivity index (χ2n) is 6.32. The van der Waals surface area contributed by atoms with Gasteiger partial charge in [-0.1, -0.05) is 51.8 Å². The van der Waals surface area contributed by atoms with Crippen molar-refractivity contribution in [3.8, 4) is 0 Å². The molecule has 0 spiro atoms. The Labute approximate surface area is 118 Å². The molecule has 1 heteroatoms. The van der Waals surface area contributed by atoms with E-state index in [2.05, 4.69) is 51.3 Å². The van der Waals surface area contributed by atoms with Crippen LogP contribution in [-0.4, -0.2) is 7.05 Å². The van der Waals surface area contributed by atoms with Crippen LogP contribution in [-0.2, 0) is 12.8 Å². The molecular weight excluding hydrogens is 230 g/mol. The van der Waals surface area contributed by atoms with E-state index in [-0.39, 0.29) is 0 Å². The highest BCUT2D eigenvalue weighted by Gasteiger charge is 2.37. The van der Waals surface area contributed by atoms with Gasteiger partial charge in [0.15, 0.2) is 0 Å². The van der Waals surface area contributed by atoms with Gasteiger partial charge < -0.3 is 5.32 Å². The molecule has 1 aliphatic rings. The van der Waals surface area contributed by atoms with Crippen LogP contribution < -0.4 is 5.32 Å². The maximum atomic E-state index is 3.59. The predicted molar refractivity (Wildman–Crippen MR) is 83.6 cm³/mol. The van der Waals surface area contributed by atoms with E-state index in [1.165, 1.54) is 42.4 Å². The van der Waals surface area contributed by atoms with Crippen LogP contribution in [0.25, 0.3) is 0 Å². The van der Waals surface area contributed by atoms with Gasteiger partial charge >= 0.3 is 0 Å². The lowest BCUT2D eigenvalue weighted by Crippen LogP contribution is -2.32. The monoisotopic (exact) mass is 259 g/mol. The topological polar surface area (TPSA) is 12.0 Å². The van der Waals surface area contributed by atoms with Crippen LogP contribution in [0.5, 0.6) is 0 Å². The van der Waals surface area contributed by atoms with Crippen molar-refractivity contribution < 1.29 is 0 Å². The Hall–Kier alpha value is -0.820. The first-order valence-corrected chi connectivity index (χ1v) is 7.93. The van der Waals surface area contributed by atoms with Crippen molar-refractivity contribution in [3.63, 3.8) is 0 Å². The number of nitrogens with one attached hydrogen (secondary N) is 1. The molecule has 0 radical (unpaired) electrons. The number of benzene rings is 1. The fourth-order valence-corrected chi connectivity index (χ4v) is 3.89. The molecule has 1 aromatic rings. The summed E-state index contributed by atoms with van der Waals surface area (Å²) < 4.78 is 0. The second kappa shape index (κ2) is 6.09. The Kier molecular flexibility index (Phi) is 4.67. The smallest absolute Gasteiger partial charge is 0.0372 e. The van der Waals surface area contributed by atoms with Crippen molar-refractivity contribution in [2.75, 3.05) is 7.05 Å². The van der Waals surface area contributed by atoms with Gasteiger partial charge in [-0.3, -0.25) is 0 Å². The number of rotatable bonds is 5. The van der Waals surface area contributed by atoms with Crippen molar-refractivity contribution in [1.82, 2.24) is 5.32 Å². The van der Waals surface area contributed by atoms with Gasteiger partial charge in [0.2, 0.25) is 0 Å². The van der Waals surface area contributed by atoms with Gasteiger partial charge in [-0.25, -0.2) is 0 Å². The van der Waals surface area contributed by atoms with Crippen LogP contribution in [0.2, 0.25) is 0 Å². The van der Waals surface area contributed by atoms with Gasteiger partial charge in [-0.2, -0.15) is 0 Å². The number of hydrogen-bond donors (Lipinski definition) is 1. The van der Waals surface area contributed by atoms with Gasteiger partial charge in [0.05, 0.1) is 0 Å². The van der Waals surface area contributed by atoms with E-state index in [1.807, 2.05) is 0 Å². The minimum Gasteiger partial charge on any atom is -0.313 e. The van der Waals surface area contributed by atoms with Crippen LogP contribution in [0.1, 0.15) is 69.2 Å². The van der Waals surface area contributed by atoms with Gasteiger partial charge in [-0.05, 0) is 54.8 Å². The normalized spacial score (nSPS) is 19.6. The molecular formula is C18H29N. The third kappa shape index (κ3) is 2.86. The molecule has 2 rings (SSSR count). The third-order valence-corrected chi connectivity index (χ3v) is 5.06. The minimum atomic E-state index is 0.438. The summed E-state index contributed by atoms with van der Waals surface area (Å²) >= 11 is 0. The Morgan fingerprint density at radius 1 is 1.11 bits per heavy atom. The van der Waals surface area contributed by atoms with E-state index >= 15 is 0 Å². The van der Waals surface area contributed by atoms with E-state index in [0.717, 1.165) is 12.8 Å². The molecule has 0 amide bonds. The van der Waals surface area contributed by atoms with E-state index in [9.17, 15) is 0 Å². The molecule has 19 heavy (non-hydrogen) atoms. The van der Waals surface area contributed by atoms with Crippen LogP contribution in [0, 0.1) is 5.41 Å². The maximum Gasteiger partial charge on any atom is 0.0372 e. The van der Waals surface area contributed by atoms with Crippen LogP contribution in [0.3, 0.4) is 0 Å². The first-order chi connectivity index (χ1) is 9.14. The summed E-state index contributed by atoms with van der Waals surface area (Å²) in [4.78, 5) is 0. The zero-order valence-electron chi connectivity index (χ0n) is 13.1. The zero-order valence-corrected chi connectivity index (χ0v) is 13.1. The summed E-state index contributed by atoms with van der Waals surface area (Å²) in [6.07, 6.45) is 7.78. The van der Waals surface area contributed by atoms with Gasteiger partial charge in [0, 0.05) is 6.04 Å². The van der Waals surface area contributed by atoms with Gasteiger partial charge in [-0.15, -0.1) is 0 Å². The highest BCUT2D eigenvalue weighted by molar-refractivity contribution is 5.34. The molecule has 1 N–H and O–H groups in total. The average Bonchev–Trinajstić information content (AvgIpc) is 2.86. The Bertz CT molecular complexity index is 416. The van der Waals surface area contributed by atoms with Crippen LogP contribution in [0.4, 0.5) is 0 Å². The van der Waals surface area contributed by atoms with Crippen molar-refractivity contribution in [2.24, 2.45) is 5.41 Å². The standard InChI is InChI=1S/C18H29N/c1-5-14-9-10-16(13-15(14)6-2)17(19-4)18(3)11-7-8-12-18/h9-10,13,17,19H,5-8,11-12H2,1-4H3. The molecule has 1 aromatic carbocycles. The number of hydrogen-bond acceptors (Lipinski definition) is 1. The Morgan fingerprint density at radius 2 is 1.74 bits per heavy atom. The average molecular weight is 259 g/mol. The summed E-state index contributed by atoms with van der Waals surface area (Å²) in [6, 6.07) is 7.65. The number of aryl methyl sites for hydroxylation is 2. The molecule has 1 nitrogen and oxygen atoms in total. The summed E-state index contributed by atoms with van der Waals surface area (Å²) in [7, 11) is 2.12. The molecule has 0 aromatic heterocycles. The highest BCUT2D eigenvalue weighted by Crippen LogP contribution is 2.47. The molecule has 0 aliphatic heterocycles. The lowest BCUT2D eigenvalue weighted by atomic mass is 9.76. The van der Waals surface area contributed by atoms with E-state index < -0.39 is 0 Å². The summed E-state index contributed by atoms with van der Waals surface area (Å²) in [5.74, 6) is 0. The van der Waals surface area contributed by atoms with Crippen molar-refractivity contribution >= 4 is 0 Å². The lowest BCUT2D eigenvalue weighted by molar-refractivity contribution is 0.233. The molecule has 1 atom stereocenters. The zero-order chi connectivity index (χ0) is 13.9. The fourth-order valence-electron chi connectivity index (χ4n) is 3.89. The van der Waals surface area contributed by atoms with Gasteiger partial charge in [0.25, 0.3) is 0 Å². The lowest BCUT2D eigenvalue weighted by Gasteiger charge is -2.35. The van der Waals surface area contributed by atoms with E-state index in [1.54, 1.807) is 0 Å². The molecule has 106 valence electrons. The van der Waals surface area contributed by atoms with Crippen LogP contribution >= 0.6 is 0 Å². The van der Waals surface area contributed by atoms with E-state index in [0.29, 0.717) is 11.5 Å². The van der Waals surface area contributed by atoms with Crippen molar-refractivity contribution in [1.29, 1.82) is 0 Å². The Balaban J connectivity index is 2.33. The highest BCUT2D eigenvalue weighted by atomic mass is 14.9. The quantitative estimate of drug-likeness (QED) is 0.811. The minimum absolute atomic E-state index is 0.438. The molecule has 1 fully saturated rings. The third-order valence-electron chi connectivity index (χ3n) is 5.06. The second-order valence-corrected chi connectivity index (χ2v) is 6.32. The Morgan fingerprint density at radius 3 is 2.26 bits per heavy atom. The fraction of sp³-hybridized carbons (Fsp3) is 0.667. The molecule has 1 unspecified atom stereocenters. The molecule has 1 aliphatic carbocycles. The van der Waals surface area contributed by atoms with Crippen molar-refractivity contribution in [2.45, 2.75) is 65.3 Å². The largest absolute Gasteiger partial charge is 0.313 e. The molecule has 0 saturated heterocycles. The summed E-state index contributed by atoms with van der Waals surface area (Å²) in [6.45, 7) is 6.98. The maximum absolute atomic E-state index is 3.59. The molecule has 0 heterocycles.